The Labute approximate surface area is 118 Å². The predicted molar refractivity (Wildman–Crippen MR) is 76.7 cm³/mol. The molecule has 6 nitrogen and oxygen atoms in total. The van der Waals surface area contributed by atoms with E-state index in [0.29, 0.717) is 11.5 Å². The average molecular weight is 292 g/mol. The number of nitrogens with zero attached hydrogens (tertiary/aromatic N) is 2. The van der Waals surface area contributed by atoms with E-state index in [0.717, 1.165) is 6.54 Å². The predicted octanol–water partition coefficient (Wildman–Crippen LogP) is 1.39. The maximum atomic E-state index is 12.1. The van der Waals surface area contributed by atoms with E-state index in [-0.39, 0.29) is 11.4 Å². The Hall–Kier alpha value is -1.99. The Kier molecular flexibility index (Phi) is 4.65. The lowest BCUT2D eigenvalue weighted by Gasteiger charge is -2.07. The zero-order valence-electron chi connectivity index (χ0n) is 11.1. The van der Waals surface area contributed by atoms with Crippen LogP contribution in [0.5, 0.6) is 0 Å². The number of rotatable bonds is 6. The summed E-state index contributed by atoms with van der Waals surface area (Å²) in [6, 6.07) is 8.50. The first kappa shape index (κ1) is 14.4. The molecule has 106 valence electrons. The van der Waals surface area contributed by atoms with Gasteiger partial charge in [-0.1, -0.05) is 6.07 Å². The van der Waals surface area contributed by atoms with E-state index in [1.807, 2.05) is 13.0 Å². The molecule has 0 radical (unpaired) electrons. The fourth-order valence-corrected chi connectivity index (χ4v) is 2.52. The van der Waals surface area contributed by atoms with Crippen LogP contribution in [0.1, 0.15) is 12.6 Å². The van der Waals surface area contributed by atoms with Crippen molar-refractivity contribution in [3.05, 3.63) is 48.4 Å². The maximum Gasteiger partial charge on any atom is 0.242 e. The van der Waals surface area contributed by atoms with E-state index in [1.54, 1.807) is 24.4 Å². The number of anilines is 1. The quantitative estimate of drug-likeness (QED) is 0.840. The minimum absolute atomic E-state index is 0.134. The lowest BCUT2D eigenvalue weighted by Crippen LogP contribution is -2.23. The van der Waals surface area contributed by atoms with Crippen molar-refractivity contribution >= 4 is 15.8 Å². The van der Waals surface area contributed by atoms with Gasteiger partial charge >= 0.3 is 0 Å². The van der Waals surface area contributed by atoms with Gasteiger partial charge in [0.15, 0.2) is 0 Å². The molecule has 0 aliphatic carbocycles. The van der Waals surface area contributed by atoms with Crippen LogP contribution in [-0.4, -0.2) is 24.9 Å². The number of nitrogens with one attached hydrogen (secondary N) is 2. The van der Waals surface area contributed by atoms with Gasteiger partial charge in [-0.2, -0.15) is 0 Å². The van der Waals surface area contributed by atoms with Crippen LogP contribution >= 0.6 is 0 Å². The number of hydrogen-bond donors (Lipinski definition) is 2. The summed E-state index contributed by atoms with van der Waals surface area (Å²) in [5, 5.41) is 3.01. The third-order valence-electron chi connectivity index (χ3n) is 2.57. The molecule has 20 heavy (non-hydrogen) atoms. The summed E-state index contributed by atoms with van der Waals surface area (Å²) in [7, 11) is -3.57. The van der Waals surface area contributed by atoms with Crippen molar-refractivity contribution < 1.29 is 8.42 Å². The van der Waals surface area contributed by atoms with Gasteiger partial charge in [0, 0.05) is 18.9 Å². The molecular formula is C13H16N4O2S. The van der Waals surface area contributed by atoms with Crippen LogP contribution in [-0.2, 0) is 16.6 Å². The van der Waals surface area contributed by atoms with E-state index in [1.165, 1.54) is 12.3 Å². The Balaban J connectivity index is 2.06. The van der Waals surface area contributed by atoms with Crippen molar-refractivity contribution in [2.24, 2.45) is 0 Å². The van der Waals surface area contributed by atoms with E-state index >= 15 is 0 Å². The van der Waals surface area contributed by atoms with Gasteiger partial charge in [-0.3, -0.25) is 4.98 Å². The SMILES string of the molecule is CCNc1ccc(S(=O)(=O)NCc2ccccn2)cn1. The first-order valence-electron chi connectivity index (χ1n) is 6.21. The average Bonchev–Trinajstić information content (AvgIpc) is 2.47. The van der Waals surface area contributed by atoms with E-state index in [4.69, 9.17) is 0 Å². The molecule has 0 saturated carbocycles. The smallest absolute Gasteiger partial charge is 0.242 e. The standard InChI is InChI=1S/C13H16N4O2S/c1-2-14-13-7-6-12(10-16-13)20(18,19)17-9-11-5-3-4-8-15-11/h3-8,10,17H,2,9H2,1H3,(H,14,16). The molecule has 0 atom stereocenters. The van der Waals surface area contributed by atoms with Crippen molar-refractivity contribution in [3.8, 4) is 0 Å². The van der Waals surface area contributed by atoms with Gasteiger partial charge in [-0.05, 0) is 31.2 Å². The molecule has 0 aromatic carbocycles. The van der Waals surface area contributed by atoms with Gasteiger partial charge in [0.2, 0.25) is 10.0 Å². The topological polar surface area (TPSA) is 84.0 Å². The minimum Gasteiger partial charge on any atom is -0.370 e. The summed E-state index contributed by atoms with van der Waals surface area (Å²) in [6.07, 6.45) is 2.95. The zero-order chi connectivity index (χ0) is 14.4. The molecule has 0 fully saturated rings. The maximum absolute atomic E-state index is 12.1. The van der Waals surface area contributed by atoms with Crippen LogP contribution in [0.25, 0.3) is 0 Å². The number of pyridine rings is 2. The summed E-state index contributed by atoms with van der Waals surface area (Å²) < 4.78 is 26.6. The molecule has 0 aliphatic heterocycles. The van der Waals surface area contributed by atoms with E-state index in [9.17, 15) is 8.42 Å². The Morgan fingerprint density at radius 1 is 1.15 bits per heavy atom. The molecule has 0 aliphatic rings. The summed E-state index contributed by atoms with van der Waals surface area (Å²) in [5.74, 6) is 0.649. The van der Waals surface area contributed by atoms with Crippen LogP contribution in [0.2, 0.25) is 0 Å². The lowest BCUT2D eigenvalue weighted by molar-refractivity contribution is 0.580. The summed E-state index contributed by atoms with van der Waals surface area (Å²) in [4.78, 5) is 8.24. The molecule has 2 heterocycles. The van der Waals surface area contributed by atoms with Crippen molar-refractivity contribution in [1.29, 1.82) is 0 Å². The normalized spacial score (nSPS) is 11.2. The molecule has 2 N–H and O–H groups in total. The molecule has 0 bridgehead atoms. The summed E-state index contributed by atoms with van der Waals surface area (Å²) >= 11 is 0. The summed E-state index contributed by atoms with van der Waals surface area (Å²) in [5.41, 5.74) is 0.660. The highest BCUT2D eigenvalue weighted by Crippen LogP contribution is 2.10. The molecule has 2 aromatic rings. The number of hydrogen-bond acceptors (Lipinski definition) is 5. The molecule has 0 amide bonds. The Morgan fingerprint density at radius 2 is 2.00 bits per heavy atom. The van der Waals surface area contributed by atoms with Crippen molar-refractivity contribution in [2.75, 3.05) is 11.9 Å². The highest BCUT2D eigenvalue weighted by Gasteiger charge is 2.14. The molecule has 0 unspecified atom stereocenters. The second-order valence-corrected chi connectivity index (χ2v) is 5.82. The Bertz CT molecular complexity index is 642. The molecule has 7 heteroatoms. The van der Waals surface area contributed by atoms with Gasteiger partial charge in [-0.15, -0.1) is 0 Å². The van der Waals surface area contributed by atoms with Gasteiger partial charge in [0.25, 0.3) is 0 Å². The monoisotopic (exact) mass is 292 g/mol. The molecule has 2 aromatic heterocycles. The Morgan fingerprint density at radius 3 is 2.60 bits per heavy atom. The number of sulfonamides is 1. The largest absolute Gasteiger partial charge is 0.370 e. The molecule has 0 spiro atoms. The fraction of sp³-hybridized carbons (Fsp3) is 0.231. The van der Waals surface area contributed by atoms with E-state index in [2.05, 4.69) is 20.0 Å². The first-order valence-corrected chi connectivity index (χ1v) is 7.69. The third-order valence-corrected chi connectivity index (χ3v) is 3.96. The lowest BCUT2D eigenvalue weighted by atomic mass is 10.4. The van der Waals surface area contributed by atoms with Crippen LogP contribution in [0, 0.1) is 0 Å². The van der Waals surface area contributed by atoms with Crippen LogP contribution in [0.4, 0.5) is 5.82 Å². The second kappa shape index (κ2) is 6.44. The zero-order valence-corrected chi connectivity index (χ0v) is 11.9. The van der Waals surface area contributed by atoms with Gasteiger partial charge < -0.3 is 5.32 Å². The highest BCUT2D eigenvalue weighted by atomic mass is 32.2. The molecular weight excluding hydrogens is 276 g/mol. The first-order chi connectivity index (χ1) is 9.62. The van der Waals surface area contributed by atoms with E-state index < -0.39 is 10.0 Å². The highest BCUT2D eigenvalue weighted by molar-refractivity contribution is 7.89. The van der Waals surface area contributed by atoms with Crippen LogP contribution in [0.15, 0.2) is 47.6 Å². The minimum atomic E-state index is -3.57. The van der Waals surface area contributed by atoms with Gasteiger partial charge in [-0.25, -0.2) is 18.1 Å². The van der Waals surface area contributed by atoms with Gasteiger partial charge in [0.1, 0.15) is 10.7 Å². The fourth-order valence-electron chi connectivity index (χ4n) is 1.58. The molecule has 0 saturated heterocycles. The molecule has 2 rings (SSSR count). The third kappa shape index (κ3) is 3.75. The van der Waals surface area contributed by atoms with Gasteiger partial charge in [0.05, 0.1) is 12.2 Å². The number of aromatic nitrogens is 2. The second-order valence-electron chi connectivity index (χ2n) is 4.06. The van der Waals surface area contributed by atoms with Crippen LogP contribution < -0.4 is 10.0 Å². The summed E-state index contributed by atoms with van der Waals surface area (Å²) in [6.45, 7) is 2.83. The van der Waals surface area contributed by atoms with Crippen molar-refractivity contribution in [2.45, 2.75) is 18.4 Å². The van der Waals surface area contributed by atoms with Crippen LogP contribution in [0.3, 0.4) is 0 Å². The van der Waals surface area contributed by atoms with Crippen molar-refractivity contribution in [3.63, 3.8) is 0 Å². The van der Waals surface area contributed by atoms with Crippen molar-refractivity contribution in [1.82, 2.24) is 14.7 Å².